The number of pyridine rings is 1. The summed E-state index contributed by atoms with van der Waals surface area (Å²) in [5.41, 5.74) is 0.978. The Balaban J connectivity index is 2.47. The van der Waals surface area contributed by atoms with E-state index in [-0.39, 0.29) is 17.6 Å². The molecule has 2 heterocycles. The van der Waals surface area contributed by atoms with E-state index in [2.05, 4.69) is 9.97 Å². The number of hydrogen-bond acceptors (Lipinski definition) is 6. The largest absolute Gasteiger partial charge is 0.462 e. The third-order valence-electron chi connectivity index (χ3n) is 3.84. The van der Waals surface area contributed by atoms with Crippen molar-refractivity contribution in [2.45, 2.75) is 25.4 Å². The van der Waals surface area contributed by atoms with Gasteiger partial charge in [0.25, 0.3) is 0 Å². The number of ether oxygens (including phenoxy) is 1. The predicted octanol–water partition coefficient (Wildman–Crippen LogP) is 2.86. The highest BCUT2D eigenvalue weighted by atomic mass is 32.2. The second-order valence-electron chi connectivity index (χ2n) is 5.12. The number of benzene rings is 1. The number of thioether (sulfide) groups is 1. The van der Waals surface area contributed by atoms with Gasteiger partial charge in [0.15, 0.2) is 0 Å². The van der Waals surface area contributed by atoms with Crippen LogP contribution in [0.4, 0.5) is 0 Å². The molecule has 3 aromatic rings. The number of nitrogens with zero attached hydrogens (tertiary/aromatic N) is 3. The zero-order valence-electron chi connectivity index (χ0n) is 13.7. The molecule has 0 aliphatic carbocycles. The summed E-state index contributed by atoms with van der Waals surface area (Å²) in [4.78, 5) is 33.7. The fourth-order valence-electron chi connectivity index (χ4n) is 2.76. The minimum Gasteiger partial charge on any atom is -0.462 e. The molecule has 0 saturated heterocycles. The normalized spacial score (nSPS) is 11.1. The van der Waals surface area contributed by atoms with Crippen LogP contribution in [0.5, 0.6) is 0 Å². The topological polar surface area (TPSA) is 74.1 Å². The first-order valence-corrected chi connectivity index (χ1v) is 8.86. The van der Waals surface area contributed by atoms with Crippen molar-refractivity contribution in [1.82, 2.24) is 14.5 Å². The minimum atomic E-state index is -0.609. The molecule has 0 unspecified atom stereocenters. The molecule has 0 amide bonds. The van der Waals surface area contributed by atoms with E-state index in [0.717, 1.165) is 15.9 Å². The monoisotopic (exact) mass is 343 g/mol. The maximum atomic E-state index is 12.9. The molecule has 0 aliphatic heterocycles. The van der Waals surface area contributed by atoms with Gasteiger partial charge in [-0.05, 0) is 32.2 Å². The Morgan fingerprint density at radius 2 is 2.08 bits per heavy atom. The van der Waals surface area contributed by atoms with Crippen molar-refractivity contribution in [1.29, 1.82) is 0 Å². The first kappa shape index (κ1) is 16.4. The van der Waals surface area contributed by atoms with Crippen molar-refractivity contribution in [2.24, 2.45) is 0 Å². The molecule has 124 valence electrons. The van der Waals surface area contributed by atoms with Crippen LogP contribution in [0, 0.1) is 0 Å². The van der Waals surface area contributed by atoms with Crippen LogP contribution in [0.25, 0.3) is 21.8 Å². The molecule has 0 atom stereocenters. The molecule has 0 N–H and O–H groups in total. The zero-order chi connectivity index (χ0) is 17.3. The third-order valence-corrected chi connectivity index (χ3v) is 4.56. The summed E-state index contributed by atoms with van der Waals surface area (Å²) in [6, 6.07) is 3.79. The standard InChI is InChI=1S/C17H17N3O3S/c1-4-20-8-11(17(22)23-5-2)15(21)13-12(20)7-6-10-14(13)18-9-19-16(10)24-3/h6-9H,4-5H2,1-3H3. The van der Waals surface area contributed by atoms with Gasteiger partial charge in [-0.15, -0.1) is 11.8 Å². The highest BCUT2D eigenvalue weighted by Crippen LogP contribution is 2.27. The Hall–Kier alpha value is -2.41. The van der Waals surface area contributed by atoms with Crippen LogP contribution >= 0.6 is 11.8 Å². The minimum absolute atomic E-state index is 0.0306. The van der Waals surface area contributed by atoms with Gasteiger partial charge in [-0.3, -0.25) is 4.79 Å². The smallest absolute Gasteiger partial charge is 0.343 e. The third kappa shape index (κ3) is 2.54. The van der Waals surface area contributed by atoms with Gasteiger partial charge in [0, 0.05) is 18.1 Å². The van der Waals surface area contributed by atoms with E-state index < -0.39 is 5.97 Å². The summed E-state index contributed by atoms with van der Waals surface area (Å²) in [5, 5.41) is 2.03. The number of carbonyl (C=O) groups excluding carboxylic acids is 1. The summed E-state index contributed by atoms with van der Waals surface area (Å²) < 4.78 is 6.89. The van der Waals surface area contributed by atoms with Crippen molar-refractivity contribution >= 4 is 39.5 Å². The van der Waals surface area contributed by atoms with E-state index >= 15 is 0 Å². The van der Waals surface area contributed by atoms with Gasteiger partial charge in [-0.25, -0.2) is 14.8 Å². The molecular formula is C17H17N3O3S. The number of carbonyl (C=O) groups is 1. The van der Waals surface area contributed by atoms with E-state index in [1.807, 2.05) is 29.9 Å². The summed E-state index contributed by atoms with van der Waals surface area (Å²) in [6.07, 6.45) is 4.93. The summed E-state index contributed by atoms with van der Waals surface area (Å²) in [5.74, 6) is -0.609. The first-order valence-electron chi connectivity index (χ1n) is 7.64. The van der Waals surface area contributed by atoms with Crippen LogP contribution in [-0.2, 0) is 11.3 Å². The van der Waals surface area contributed by atoms with E-state index in [9.17, 15) is 9.59 Å². The Morgan fingerprint density at radius 3 is 2.75 bits per heavy atom. The highest BCUT2D eigenvalue weighted by molar-refractivity contribution is 7.98. The molecule has 0 spiro atoms. The van der Waals surface area contributed by atoms with Crippen LogP contribution in [-0.4, -0.2) is 33.4 Å². The van der Waals surface area contributed by atoms with Gasteiger partial charge < -0.3 is 9.30 Å². The molecule has 0 fully saturated rings. The van der Waals surface area contributed by atoms with Crippen molar-refractivity contribution < 1.29 is 9.53 Å². The molecule has 2 aromatic heterocycles. The van der Waals surface area contributed by atoms with E-state index in [0.29, 0.717) is 17.4 Å². The van der Waals surface area contributed by atoms with Crippen molar-refractivity contribution in [3.63, 3.8) is 0 Å². The van der Waals surface area contributed by atoms with E-state index in [4.69, 9.17) is 4.74 Å². The average Bonchev–Trinajstić information content (AvgIpc) is 2.61. The first-order chi connectivity index (χ1) is 11.6. The molecule has 0 radical (unpaired) electrons. The van der Waals surface area contributed by atoms with Gasteiger partial charge >= 0.3 is 5.97 Å². The number of fused-ring (bicyclic) bond motifs is 3. The van der Waals surface area contributed by atoms with Crippen LogP contribution in [0.1, 0.15) is 24.2 Å². The van der Waals surface area contributed by atoms with E-state index in [1.54, 1.807) is 13.1 Å². The molecule has 0 bridgehead atoms. The van der Waals surface area contributed by atoms with Gasteiger partial charge in [-0.1, -0.05) is 0 Å². The molecule has 1 aromatic carbocycles. The number of esters is 1. The highest BCUT2D eigenvalue weighted by Gasteiger charge is 2.19. The van der Waals surface area contributed by atoms with Crippen LogP contribution in [0.3, 0.4) is 0 Å². The summed E-state index contributed by atoms with van der Waals surface area (Å²) >= 11 is 1.49. The zero-order valence-corrected chi connectivity index (χ0v) is 14.5. The fraction of sp³-hybridized carbons (Fsp3) is 0.294. The Morgan fingerprint density at radius 1 is 1.29 bits per heavy atom. The lowest BCUT2D eigenvalue weighted by Gasteiger charge is -2.13. The van der Waals surface area contributed by atoms with Crippen molar-refractivity contribution in [3.8, 4) is 0 Å². The molecule has 3 rings (SSSR count). The average molecular weight is 343 g/mol. The van der Waals surface area contributed by atoms with Gasteiger partial charge in [-0.2, -0.15) is 0 Å². The van der Waals surface area contributed by atoms with Crippen LogP contribution in [0.2, 0.25) is 0 Å². The number of aromatic nitrogens is 3. The lowest BCUT2D eigenvalue weighted by molar-refractivity contribution is 0.0524. The summed E-state index contributed by atoms with van der Waals surface area (Å²) in [6.45, 7) is 4.51. The molecule has 24 heavy (non-hydrogen) atoms. The Kier molecular flexibility index (Phi) is 4.53. The maximum absolute atomic E-state index is 12.9. The lowest BCUT2D eigenvalue weighted by atomic mass is 10.1. The van der Waals surface area contributed by atoms with Gasteiger partial charge in [0.1, 0.15) is 16.9 Å². The maximum Gasteiger partial charge on any atom is 0.343 e. The lowest BCUT2D eigenvalue weighted by Crippen LogP contribution is -2.21. The predicted molar refractivity (Wildman–Crippen MR) is 94.7 cm³/mol. The van der Waals surface area contributed by atoms with Crippen molar-refractivity contribution in [2.75, 3.05) is 12.9 Å². The van der Waals surface area contributed by atoms with Gasteiger partial charge in [0.05, 0.1) is 23.0 Å². The van der Waals surface area contributed by atoms with Gasteiger partial charge in [0.2, 0.25) is 5.43 Å². The second kappa shape index (κ2) is 6.60. The number of rotatable bonds is 4. The second-order valence-corrected chi connectivity index (χ2v) is 5.91. The number of aryl methyl sites for hydroxylation is 1. The van der Waals surface area contributed by atoms with E-state index in [1.165, 1.54) is 18.1 Å². The quantitative estimate of drug-likeness (QED) is 0.314. The van der Waals surface area contributed by atoms with Crippen LogP contribution in [0.15, 0.2) is 34.5 Å². The van der Waals surface area contributed by atoms with Crippen molar-refractivity contribution in [3.05, 3.63) is 40.4 Å². The molecular weight excluding hydrogens is 326 g/mol. The fourth-order valence-corrected chi connectivity index (χ4v) is 3.29. The molecule has 6 nitrogen and oxygen atoms in total. The Labute approximate surface area is 142 Å². The Bertz CT molecular complexity index is 998. The molecule has 0 saturated carbocycles. The number of hydrogen-bond donors (Lipinski definition) is 0. The molecule has 7 heteroatoms. The SMILES string of the molecule is CCOC(=O)c1cn(CC)c2ccc3c(SC)ncnc3c2c1=O. The van der Waals surface area contributed by atoms with Crippen LogP contribution < -0.4 is 5.43 Å². The molecule has 0 aliphatic rings. The summed E-state index contributed by atoms with van der Waals surface area (Å²) in [7, 11) is 0.